The molecule has 0 saturated carbocycles. The van der Waals surface area contributed by atoms with Gasteiger partial charge in [-0.1, -0.05) is 6.07 Å². The summed E-state index contributed by atoms with van der Waals surface area (Å²) in [5.41, 5.74) is -0.227. The van der Waals surface area contributed by atoms with E-state index in [-0.39, 0.29) is 35.7 Å². The van der Waals surface area contributed by atoms with Gasteiger partial charge in [-0.05, 0) is 19.9 Å². The third kappa shape index (κ3) is 4.50. The van der Waals surface area contributed by atoms with Crippen molar-refractivity contribution in [2.45, 2.75) is 25.2 Å². The molecule has 0 atom stereocenters. The Morgan fingerprint density at radius 3 is 2.67 bits per heavy atom. The number of hydrogen-bond acceptors (Lipinski definition) is 6. The summed E-state index contributed by atoms with van der Waals surface area (Å²) in [6.45, 7) is 3.09. The van der Waals surface area contributed by atoms with Crippen LogP contribution in [-0.4, -0.2) is 32.5 Å². The Kier molecular flexibility index (Phi) is 5.79. The van der Waals surface area contributed by atoms with Crippen LogP contribution in [0.3, 0.4) is 0 Å². The Hall–Kier alpha value is -2.00. The van der Waals surface area contributed by atoms with Crippen molar-refractivity contribution in [2.24, 2.45) is 0 Å². The van der Waals surface area contributed by atoms with Crippen LogP contribution in [0.15, 0.2) is 23.1 Å². The highest BCUT2D eigenvalue weighted by molar-refractivity contribution is 7.89. The van der Waals surface area contributed by atoms with E-state index < -0.39 is 20.9 Å². The lowest BCUT2D eigenvalue weighted by Crippen LogP contribution is -2.27. The van der Waals surface area contributed by atoms with E-state index in [0.29, 0.717) is 0 Å². The van der Waals surface area contributed by atoms with Gasteiger partial charge in [-0.25, -0.2) is 13.1 Å². The predicted octanol–water partition coefficient (Wildman–Crippen LogP) is 1.13. The summed E-state index contributed by atoms with van der Waals surface area (Å²) in [6, 6.07) is 3.80. The molecule has 0 amide bonds. The standard InChI is InChI=1S/C12H16N2O6S/c1-3-20-12(15)7-8-13-21(18,19)11-6-4-5-10(9(11)2)14(16)17/h4-6,13H,3,7-8H2,1-2H3. The maximum absolute atomic E-state index is 12.1. The first-order chi connectivity index (χ1) is 9.79. The van der Waals surface area contributed by atoms with Gasteiger partial charge in [0.05, 0.1) is 22.8 Å². The molecule has 1 aromatic rings. The minimum atomic E-state index is -3.92. The number of nitro benzene ring substituents is 1. The molecule has 0 aliphatic rings. The van der Waals surface area contributed by atoms with Crippen molar-refractivity contribution < 1.29 is 22.9 Å². The Morgan fingerprint density at radius 1 is 1.43 bits per heavy atom. The highest BCUT2D eigenvalue weighted by Crippen LogP contribution is 2.24. The lowest BCUT2D eigenvalue weighted by Gasteiger charge is -2.09. The van der Waals surface area contributed by atoms with Gasteiger partial charge in [0.15, 0.2) is 0 Å². The van der Waals surface area contributed by atoms with E-state index in [2.05, 4.69) is 9.46 Å². The second kappa shape index (κ2) is 7.14. The number of hydrogen-bond donors (Lipinski definition) is 1. The fourth-order valence-corrected chi connectivity index (χ4v) is 2.98. The molecule has 0 fully saturated rings. The number of carbonyl (C=O) groups excluding carboxylic acids is 1. The summed E-state index contributed by atoms with van der Waals surface area (Å²) in [7, 11) is -3.92. The molecule has 0 radical (unpaired) electrons. The predicted molar refractivity (Wildman–Crippen MR) is 74.3 cm³/mol. The number of rotatable bonds is 7. The monoisotopic (exact) mass is 316 g/mol. The number of esters is 1. The molecule has 0 spiro atoms. The zero-order chi connectivity index (χ0) is 16.0. The first kappa shape index (κ1) is 17.1. The molecule has 1 N–H and O–H groups in total. The average molecular weight is 316 g/mol. The van der Waals surface area contributed by atoms with Crippen molar-refractivity contribution in [3.8, 4) is 0 Å². The quantitative estimate of drug-likeness (QED) is 0.458. The molecule has 0 heterocycles. The fourth-order valence-electron chi connectivity index (χ4n) is 1.69. The van der Waals surface area contributed by atoms with Crippen molar-refractivity contribution in [1.82, 2.24) is 4.72 Å². The van der Waals surface area contributed by atoms with Crippen LogP contribution in [0.2, 0.25) is 0 Å². The summed E-state index contributed by atoms with van der Waals surface area (Å²) in [6.07, 6.45) is -0.110. The number of benzene rings is 1. The van der Waals surface area contributed by atoms with Gasteiger partial charge >= 0.3 is 5.97 Å². The van der Waals surface area contributed by atoms with E-state index in [1.807, 2.05) is 0 Å². The molecule has 0 unspecified atom stereocenters. The minimum absolute atomic E-state index is 0.0473. The number of nitrogens with one attached hydrogen (secondary N) is 1. The highest BCUT2D eigenvalue weighted by atomic mass is 32.2. The van der Waals surface area contributed by atoms with Crippen LogP contribution in [0, 0.1) is 17.0 Å². The fraction of sp³-hybridized carbons (Fsp3) is 0.417. The molecule has 9 heteroatoms. The number of ether oxygens (including phenoxy) is 1. The molecule has 1 aromatic carbocycles. The average Bonchev–Trinajstić information content (AvgIpc) is 2.38. The van der Waals surface area contributed by atoms with E-state index in [4.69, 9.17) is 0 Å². The summed E-state index contributed by atoms with van der Waals surface area (Å²) in [4.78, 5) is 21.1. The first-order valence-electron chi connectivity index (χ1n) is 6.19. The van der Waals surface area contributed by atoms with Gasteiger partial charge < -0.3 is 4.74 Å². The lowest BCUT2D eigenvalue weighted by molar-refractivity contribution is -0.385. The normalized spacial score (nSPS) is 11.1. The zero-order valence-corrected chi connectivity index (χ0v) is 12.5. The smallest absolute Gasteiger partial charge is 0.307 e. The topological polar surface area (TPSA) is 116 Å². The number of carbonyl (C=O) groups is 1. The molecular weight excluding hydrogens is 300 g/mol. The van der Waals surface area contributed by atoms with E-state index >= 15 is 0 Å². The Morgan fingerprint density at radius 2 is 2.10 bits per heavy atom. The molecule has 0 bridgehead atoms. The van der Waals surface area contributed by atoms with Crippen LogP contribution in [0.25, 0.3) is 0 Å². The number of nitrogens with zero attached hydrogens (tertiary/aromatic N) is 1. The van der Waals surface area contributed by atoms with Gasteiger partial charge in [-0.2, -0.15) is 0 Å². The highest BCUT2D eigenvalue weighted by Gasteiger charge is 2.22. The van der Waals surface area contributed by atoms with Gasteiger partial charge in [0.2, 0.25) is 10.0 Å². The summed E-state index contributed by atoms with van der Waals surface area (Å²) >= 11 is 0. The minimum Gasteiger partial charge on any atom is -0.466 e. The maximum Gasteiger partial charge on any atom is 0.307 e. The molecule has 8 nitrogen and oxygen atoms in total. The Labute approximate surface area is 122 Å². The third-order valence-electron chi connectivity index (χ3n) is 2.67. The molecule has 21 heavy (non-hydrogen) atoms. The van der Waals surface area contributed by atoms with Gasteiger partial charge in [-0.15, -0.1) is 0 Å². The number of nitro groups is 1. The van der Waals surface area contributed by atoms with E-state index in [0.717, 1.165) is 0 Å². The van der Waals surface area contributed by atoms with Gasteiger partial charge in [0, 0.05) is 18.2 Å². The second-order valence-corrected chi connectivity index (χ2v) is 5.85. The van der Waals surface area contributed by atoms with Crippen LogP contribution in [0.1, 0.15) is 18.9 Å². The largest absolute Gasteiger partial charge is 0.466 e. The maximum atomic E-state index is 12.1. The summed E-state index contributed by atoms with van der Waals surface area (Å²) < 4.78 is 31.1. The Balaban J connectivity index is 2.87. The van der Waals surface area contributed by atoms with Crippen molar-refractivity contribution in [1.29, 1.82) is 0 Å². The summed E-state index contributed by atoms with van der Waals surface area (Å²) in [5.74, 6) is -0.518. The lowest BCUT2D eigenvalue weighted by atomic mass is 10.2. The first-order valence-corrected chi connectivity index (χ1v) is 7.67. The van der Waals surface area contributed by atoms with Crippen LogP contribution in [-0.2, 0) is 19.6 Å². The van der Waals surface area contributed by atoms with Crippen LogP contribution >= 0.6 is 0 Å². The molecule has 1 rings (SSSR count). The van der Waals surface area contributed by atoms with Gasteiger partial charge in [0.25, 0.3) is 5.69 Å². The van der Waals surface area contributed by atoms with Crippen molar-refractivity contribution >= 4 is 21.7 Å². The van der Waals surface area contributed by atoms with Crippen molar-refractivity contribution in [2.75, 3.05) is 13.2 Å². The molecule has 0 aromatic heterocycles. The zero-order valence-electron chi connectivity index (χ0n) is 11.7. The van der Waals surface area contributed by atoms with Crippen molar-refractivity contribution in [3.05, 3.63) is 33.9 Å². The van der Waals surface area contributed by atoms with Crippen LogP contribution < -0.4 is 4.72 Å². The second-order valence-electron chi connectivity index (χ2n) is 4.11. The Bertz CT molecular complexity index is 641. The van der Waals surface area contributed by atoms with E-state index in [1.165, 1.54) is 25.1 Å². The van der Waals surface area contributed by atoms with Crippen LogP contribution in [0.5, 0.6) is 0 Å². The SMILES string of the molecule is CCOC(=O)CCNS(=O)(=O)c1cccc([N+](=O)[O-])c1C. The summed E-state index contributed by atoms with van der Waals surface area (Å²) in [5, 5.41) is 10.8. The van der Waals surface area contributed by atoms with Gasteiger partial charge in [0.1, 0.15) is 0 Å². The molecule has 116 valence electrons. The van der Waals surface area contributed by atoms with Crippen molar-refractivity contribution in [3.63, 3.8) is 0 Å². The number of sulfonamides is 1. The van der Waals surface area contributed by atoms with Crippen LogP contribution in [0.4, 0.5) is 5.69 Å². The van der Waals surface area contributed by atoms with E-state index in [1.54, 1.807) is 6.92 Å². The molecule has 0 aliphatic heterocycles. The van der Waals surface area contributed by atoms with Gasteiger partial charge in [-0.3, -0.25) is 14.9 Å². The van der Waals surface area contributed by atoms with E-state index in [9.17, 15) is 23.3 Å². The molecule has 0 aliphatic carbocycles. The molecule has 0 saturated heterocycles. The molecular formula is C12H16N2O6S. The third-order valence-corrected chi connectivity index (χ3v) is 4.27.